The molecule has 3 amide bonds. The van der Waals surface area contributed by atoms with Crippen molar-refractivity contribution >= 4 is 56.8 Å². The molecular weight excluding hydrogens is 691 g/mol. The Morgan fingerprint density at radius 3 is 2.45 bits per heavy atom. The van der Waals surface area contributed by atoms with Gasteiger partial charge in [0.2, 0.25) is 5.91 Å². The van der Waals surface area contributed by atoms with Crippen LogP contribution in [0.1, 0.15) is 50.4 Å². The molecule has 2 fully saturated rings. The Morgan fingerprint density at radius 1 is 1.10 bits per heavy atom. The number of hydrogen-bond acceptors (Lipinski definition) is 7. The van der Waals surface area contributed by atoms with Crippen molar-refractivity contribution < 1.29 is 32.3 Å². The summed E-state index contributed by atoms with van der Waals surface area (Å²) in [6.07, 6.45) is 3.53. The molecule has 4 rings (SSSR count). The minimum atomic E-state index is -4.29. The minimum absolute atomic E-state index is 0.0674. The maximum Gasteiger partial charge on any atom is 0.410 e. The minimum Gasteiger partial charge on any atom is -0.444 e. The van der Waals surface area contributed by atoms with E-state index in [0.29, 0.717) is 25.8 Å². The number of carbonyl (C=O) groups excluding carboxylic acids is 3. The summed E-state index contributed by atoms with van der Waals surface area (Å²) in [6, 6.07) is 10.1. The van der Waals surface area contributed by atoms with Crippen molar-refractivity contribution in [2.45, 2.75) is 62.7 Å². The zero-order chi connectivity index (χ0) is 36.1. The van der Waals surface area contributed by atoms with Crippen molar-refractivity contribution in [2.24, 2.45) is 5.41 Å². The summed E-state index contributed by atoms with van der Waals surface area (Å²) in [6.45, 7) is 13.7. The van der Waals surface area contributed by atoms with E-state index in [-0.39, 0.29) is 64.4 Å². The first-order valence-electron chi connectivity index (χ1n) is 16.0. The molecular formula is C35H44Cl2N4O7S. The van der Waals surface area contributed by atoms with Crippen LogP contribution in [0.3, 0.4) is 0 Å². The number of nitrogens with one attached hydrogen (secondary N) is 1. The molecule has 266 valence electrons. The summed E-state index contributed by atoms with van der Waals surface area (Å²) < 4.78 is 40.2. The van der Waals surface area contributed by atoms with Crippen LogP contribution in [-0.2, 0) is 24.3 Å². The van der Waals surface area contributed by atoms with E-state index < -0.39 is 39.1 Å². The second-order valence-corrected chi connectivity index (χ2v) is 15.9. The number of nitrogens with zero attached hydrogens (tertiary/aromatic N) is 3. The van der Waals surface area contributed by atoms with Crippen LogP contribution >= 0.6 is 23.2 Å². The van der Waals surface area contributed by atoms with E-state index in [1.807, 2.05) is 0 Å². The lowest BCUT2D eigenvalue weighted by Gasteiger charge is -2.30. The Balaban J connectivity index is 1.55. The molecule has 0 aromatic heterocycles. The Hall–Kier alpha value is -3.58. The van der Waals surface area contributed by atoms with Crippen LogP contribution in [0.15, 0.2) is 72.7 Å². The molecule has 2 heterocycles. The molecule has 2 aromatic rings. The second-order valence-electron chi connectivity index (χ2n) is 13.3. The number of likely N-dealkylation sites (tertiary alicyclic amines) is 2. The highest BCUT2D eigenvalue weighted by molar-refractivity contribution is 7.93. The predicted molar refractivity (Wildman–Crippen MR) is 191 cm³/mol. The molecule has 14 heteroatoms. The molecule has 2 aliphatic rings. The van der Waals surface area contributed by atoms with E-state index in [1.54, 1.807) is 63.1 Å². The number of methoxy groups -OCH3 is 1. The first kappa shape index (κ1) is 38.2. The third kappa shape index (κ3) is 8.60. The van der Waals surface area contributed by atoms with E-state index in [1.165, 1.54) is 29.2 Å². The molecule has 49 heavy (non-hydrogen) atoms. The van der Waals surface area contributed by atoms with Gasteiger partial charge in [-0.1, -0.05) is 47.5 Å². The van der Waals surface area contributed by atoms with Crippen LogP contribution in [0.25, 0.3) is 0 Å². The highest BCUT2D eigenvalue weighted by atomic mass is 35.5. The fraction of sp³-hybridized carbons (Fsp3) is 0.457. The van der Waals surface area contributed by atoms with Gasteiger partial charge >= 0.3 is 6.09 Å². The van der Waals surface area contributed by atoms with Crippen LogP contribution in [0.2, 0.25) is 10.0 Å². The Morgan fingerprint density at radius 2 is 1.82 bits per heavy atom. The molecule has 1 N–H and O–H groups in total. The highest BCUT2D eigenvalue weighted by Gasteiger charge is 2.46. The maximum absolute atomic E-state index is 14.0. The molecule has 2 saturated heterocycles. The van der Waals surface area contributed by atoms with E-state index in [4.69, 9.17) is 32.7 Å². The molecule has 0 bridgehead atoms. The van der Waals surface area contributed by atoms with Gasteiger partial charge in [-0.2, -0.15) is 0 Å². The number of sulfonamides is 1. The van der Waals surface area contributed by atoms with Crippen LogP contribution in [0.4, 0.5) is 10.5 Å². The third-order valence-electron chi connectivity index (χ3n) is 8.65. The van der Waals surface area contributed by atoms with E-state index in [9.17, 15) is 22.8 Å². The first-order valence-corrected chi connectivity index (χ1v) is 18.1. The average Bonchev–Trinajstić information content (AvgIpc) is 3.67. The van der Waals surface area contributed by atoms with Gasteiger partial charge in [0.15, 0.2) is 0 Å². The predicted octanol–water partition coefficient (Wildman–Crippen LogP) is 5.92. The molecule has 0 spiro atoms. The summed E-state index contributed by atoms with van der Waals surface area (Å²) in [5.74, 6) is -0.703. The van der Waals surface area contributed by atoms with Crippen molar-refractivity contribution in [2.75, 3.05) is 44.1 Å². The number of carbonyl (C=O) groups is 3. The maximum atomic E-state index is 14.0. The smallest absolute Gasteiger partial charge is 0.410 e. The number of amides is 3. The summed E-state index contributed by atoms with van der Waals surface area (Å²) in [7, 11) is -2.75. The fourth-order valence-corrected chi connectivity index (χ4v) is 8.42. The zero-order valence-corrected chi connectivity index (χ0v) is 30.6. The fourth-order valence-electron chi connectivity index (χ4n) is 6.18. The molecule has 1 unspecified atom stereocenters. The molecule has 2 aliphatic heterocycles. The van der Waals surface area contributed by atoms with Gasteiger partial charge in [-0.3, -0.25) is 13.9 Å². The Labute approximate surface area is 298 Å². The van der Waals surface area contributed by atoms with Gasteiger partial charge in [-0.05, 0) is 70.4 Å². The summed E-state index contributed by atoms with van der Waals surface area (Å²) >= 11 is 12.8. The lowest BCUT2D eigenvalue weighted by molar-refractivity contribution is -0.130. The number of rotatable bonds is 12. The Bertz CT molecular complexity index is 1700. The van der Waals surface area contributed by atoms with Crippen molar-refractivity contribution in [3.05, 3.63) is 83.4 Å². The number of allylic oxidation sites excluding steroid dienone is 1. The normalized spacial score (nSPS) is 20.9. The largest absolute Gasteiger partial charge is 0.444 e. The monoisotopic (exact) mass is 734 g/mol. The highest BCUT2D eigenvalue weighted by Crippen LogP contribution is 2.37. The number of para-hydroxylation sites is 1. The summed E-state index contributed by atoms with van der Waals surface area (Å²) in [5.41, 5.74) is -1.23. The van der Waals surface area contributed by atoms with E-state index in [0.717, 1.165) is 4.31 Å². The van der Waals surface area contributed by atoms with Gasteiger partial charge in [0.25, 0.3) is 15.9 Å². The van der Waals surface area contributed by atoms with E-state index in [2.05, 4.69) is 18.5 Å². The number of ether oxygens (including phenoxy) is 2. The molecule has 0 radical (unpaired) electrons. The zero-order valence-electron chi connectivity index (χ0n) is 28.3. The number of benzene rings is 2. The van der Waals surface area contributed by atoms with Gasteiger partial charge < -0.3 is 24.6 Å². The van der Waals surface area contributed by atoms with Crippen LogP contribution in [-0.4, -0.2) is 93.7 Å². The lowest BCUT2D eigenvalue weighted by Crippen LogP contribution is -2.49. The standard InChI is InChI=1S/C35H44Cl2N4O7S/c1-7-15-35(16-18-39(23-35)33(44)48-34(3,4)5)32(43)38-21-25-20-26(47-6)22-40(25)31(42)24-13-14-28(37)30(19-24)49(45,46)41(17-8-2)29-12-10-9-11-27(29)36/h7-14,19,25-26H,1-2,15-18,20-23H2,3-6H3,(H,38,43)/t25-,26+,35?/m0/s1. The molecule has 0 aliphatic carbocycles. The SMILES string of the molecule is C=CCN(c1ccccc1Cl)S(=O)(=O)c1cc(C(=O)N2C[C@H](OC)C[C@H]2CNC(=O)C2(CC=C)CCN(C(=O)OC(C)(C)C)C2)ccc1Cl. The van der Waals surface area contributed by atoms with Gasteiger partial charge in [-0.25, -0.2) is 13.2 Å². The first-order chi connectivity index (χ1) is 23.1. The molecule has 11 nitrogen and oxygen atoms in total. The second kappa shape index (κ2) is 15.5. The van der Waals surface area contributed by atoms with Crippen LogP contribution in [0.5, 0.6) is 0 Å². The van der Waals surface area contributed by atoms with Gasteiger partial charge in [0.1, 0.15) is 10.5 Å². The lowest BCUT2D eigenvalue weighted by atomic mass is 9.82. The Kier molecular flexibility index (Phi) is 12.1. The topological polar surface area (TPSA) is 126 Å². The molecule has 0 saturated carbocycles. The number of halogens is 2. The van der Waals surface area contributed by atoms with Crippen molar-refractivity contribution in [3.63, 3.8) is 0 Å². The van der Waals surface area contributed by atoms with Crippen molar-refractivity contribution in [1.29, 1.82) is 0 Å². The third-order valence-corrected chi connectivity index (χ3v) is 11.2. The molecule has 3 atom stereocenters. The molecule has 2 aromatic carbocycles. The van der Waals surface area contributed by atoms with Crippen molar-refractivity contribution in [3.8, 4) is 0 Å². The number of anilines is 1. The van der Waals surface area contributed by atoms with Gasteiger partial charge in [0, 0.05) is 38.9 Å². The summed E-state index contributed by atoms with van der Waals surface area (Å²) in [4.78, 5) is 43.4. The van der Waals surface area contributed by atoms with Gasteiger partial charge in [-0.15, -0.1) is 13.2 Å². The number of hydrogen-bond donors (Lipinski definition) is 1. The van der Waals surface area contributed by atoms with Crippen LogP contribution < -0.4 is 9.62 Å². The average molecular weight is 736 g/mol. The van der Waals surface area contributed by atoms with E-state index >= 15 is 0 Å². The quantitative estimate of drug-likeness (QED) is 0.268. The van der Waals surface area contributed by atoms with Crippen LogP contribution in [0, 0.1) is 5.41 Å². The van der Waals surface area contributed by atoms with Crippen molar-refractivity contribution in [1.82, 2.24) is 15.1 Å². The van der Waals surface area contributed by atoms with Gasteiger partial charge in [0.05, 0.1) is 39.8 Å². The summed E-state index contributed by atoms with van der Waals surface area (Å²) in [5, 5.41) is 3.17.